The molecule has 0 spiro atoms. The molecule has 196 valence electrons. The smallest absolute Gasteiger partial charge is 0.416 e. The Balaban J connectivity index is 1.02. The fourth-order valence-corrected chi connectivity index (χ4v) is 6.02. The van der Waals surface area contributed by atoms with Crippen LogP contribution in [0.1, 0.15) is 38.2 Å². The lowest BCUT2D eigenvalue weighted by Gasteiger charge is -2.34. The summed E-state index contributed by atoms with van der Waals surface area (Å²) in [6.07, 6.45) is 1.51. The van der Waals surface area contributed by atoms with Crippen molar-refractivity contribution < 1.29 is 27.4 Å². The molecule has 3 aromatic rings. The number of hydrogen-bond donors (Lipinski definition) is 1. The first kappa shape index (κ1) is 24.2. The average molecular weight is 515 g/mol. The first-order chi connectivity index (χ1) is 17.8. The minimum absolute atomic E-state index is 0.0429. The summed E-state index contributed by atoms with van der Waals surface area (Å²) in [5, 5.41) is 0. The molecule has 1 saturated heterocycles. The van der Waals surface area contributed by atoms with Crippen molar-refractivity contribution in [3.63, 3.8) is 0 Å². The number of aromatic nitrogens is 3. The third kappa shape index (κ3) is 4.79. The summed E-state index contributed by atoms with van der Waals surface area (Å²) >= 11 is 0. The number of H-pyrrole nitrogens is 1. The summed E-state index contributed by atoms with van der Waals surface area (Å²) in [5.41, 5.74) is 0.825. The van der Waals surface area contributed by atoms with Gasteiger partial charge in [0.05, 0.1) is 41.3 Å². The number of carbonyl (C=O) groups is 1. The number of piperidine rings is 1. The topological polar surface area (TPSA) is 80.3 Å². The van der Waals surface area contributed by atoms with Crippen molar-refractivity contribution in [2.24, 2.45) is 17.8 Å². The number of halogens is 3. The van der Waals surface area contributed by atoms with Gasteiger partial charge in [-0.05, 0) is 74.8 Å². The number of hydrogen-bond acceptors (Lipinski definition) is 6. The van der Waals surface area contributed by atoms with Gasteiger partial charge in [-0.1, -0.05) is 0 Å². The first-order valence-electron chi connectivity index (χ1n) is 12.9. The van der Waals surface area contributed by atoms with Gasteiger partial charge >= 0.3 is 12.1 Å². The van der Waals surface area contributed by atoms with E-state index in [1.165, 1.54) is 6.07 Å². The van der Waals surface area contributed by atoms with Crippen molar-refractivity contribution in [2.45, 2.75) is 51.0 Å². The van der Waals surface area contributed by atoms with E-state index in [4.69, 9.17) is 9.47 Å². The van der Waals surface area contributed by atoms with Crippen LogP contribution < -0.4 is 4.90 Å². The predicted octanol–water partition coefficient (Wildman–Crippen LogP) is 5.22. The predicted molar refractivity (Wildman–Crippen MR) is 131 cm³/mol. The number of carbonyl (C=O) groups excluding carboxylic acids is 1. The second kappa shape index (κ2) is 9.31. The highest BCUT2D eigenvalue weighted by molar-refractivity contribution is 5.80. The van der Waals surface area contributed by atoms with Gasteiger partial charge in [-0.15, -0.1) is 0 Å². The van der Waals surface area contributed by atoms with Crippen LogP contribution in [-0.2, 0) is 20.4 Å². The van der Waals surface area contributed by atoms with Crippen LogP contribution in [0.25, 0.3) is 22.4 Å². The van der Waals surface area contributed by atoms with Gasteiger partial charge in [0.2, 0.25) is 0 Å². The number of imidazole rings is 1. The quantitative estimate of drug-likeness (QED) is 0.455. The molecule has 1 aromatic carbocycles. The second-order valence-electron chi connectivity index (χ2n) is 10.2. The Morgan fingerprint density at radius 2 is 1.86 bits per heavy atom. The van der Waals surface area contributed by atoms with Crippen LogP contribution in [0.3, 0.4) is 0 Å². The maximum atomic E-state index is 13.0. The van der Waals surface area contributed by atoms with Crippen molar-refractivity contribution in [1.29, 1.82) is 0 Å². The molecule has 2 saturated carbocycles. The lowest BCUT2D eigenvalue weighted by Crippen LogP contribution is -2.38. The minimum atomic E-state index is -4.40. The Hall–Kier alpha value is -3.14. The molecule has 2 aliphatic carbocycles. The lowest BCUT2D eigenvalue weighted by atomic mass is 10.1. The highest BCUT2D eigenvalue weighted by Gasteiger charge is 2.60. The third-order valence-electron chi connectivity index (χ3n) is 7.94. The van der Waals surface area contributed by atoms with Gasteiger partial charge in [0, 0.05) is 24.8 Å². The molecular weight excluding hydrogens is 485 g/mol. The van der Waals surface area contributed by atoms with Crippen LogP contribution in [0.2, 0.25) is 0 Å². The fraction of sp³-hybridized carbons (Fsp3) is 0.519. The number of fused-ring (bicyclic) bond motifs is 2. The zero-order valence-electron chi connectivity index (χ0n) is 20.5. The van der Waals surface area contributed by atoms with Crippen molar-refractivity contribution in [1.82, 2.24) is 15.0 Å². The number of rotatable bonds is 6. The molecule has 3 fully saturated rings. The van der Waals surface area contributed by atoms with Crippen molar-refractivity contribution in [3.05, 3.63) is 42.1 Å². The van der Waals surface area contributed by atoms with Crippen LogP contribution in [0.15, 0.2) is 36.5 Å². The summed E-state index contributed by atoms with van der Waals surface area (Å²) in [7, 11) is 0. The summed E-state index contributed by atoms with van der Waals surface area (Å²) < 4.78 is 50.6. The number of anilines is 1. The Labute approximate surface area is 212 Å². The van der Waals surface area contributed by atoms with Crippen molar-refractivity contribution in [2.75, 3.05) is 24.6 Å². The summed E-state index contributed by atoms with van der Waals surface area (Å²) in [4.78, 5) is 26.2. The lowest BCUT2D eigenvalue weighted by molar-refractivity contribution is -0.146. The Bertz CT molecular complexity index is 1270. The molecule has 0 radical (unpaired) electrons. The van der Waals surface area contributed by atoms with E-state index in [0.717, 1.165) is 56.7 Å². The van der Waals surface area contributed by atoms with E-state index in [0.29, 0.717) is 40.9 Å². The minimum Gasteiger partial charge on any atom is -0.466 e. The van der Waals surface area contributed by atoms with Gasteiger partial charge in [-0.2, -0.15) is 13.2 Å². The van der Waals surface area contributed by atoms with Gasteiger partial charge in [0.15, 0.2) is 0 Å². The van der Waals surface area contributed by atoms with E-state index in [2.05, 4.69) is 19.9 Å². The number of nitrogens with one attached hydrogen (secondary N) is 1. The van der Waals surface area contributed by atoms with E-state index in [9.17, 15) is 18.0 Å². The van der Waals surface area contributed by atoms with Gasteiger partial charge in [-0.25, -0.2) is 9.97 Å². The van der Waals surface area contributed by atoms with E-state index < -0.39 is 11.7 Å². The van der Waals surface area contributed by atoms with E-state index in [-0.39, 0.29) is 24.1 Å². The van der Waals surface area contributed by atoms with Crippen LogP contribution >= 0.6 is 0 Å². The molecule has 3 heterocycles. The molecule has 7 nitrogen and oxygen atoms in total. The molecule has 2 unspecified atom stereocenters. The number of alkyl halides is 3. The molecule has 37 heavy (non-hydrogen) atoms. The molecule has 2 aromatic heterocycles. The van der Waals surface area contributed by atoms with E-state index >= 15 is 0 Å². The fourth-order valence-electron chi connectivity index (χ4n) is 6.02. The van der Waals surface area contributed by atoms with Crippen LogP contribution in [0.5, 0.6) is 0 Å². The van der Waals surface area contributed by atoms with E-state index in [1.807, 2.05) is 19.1 Å². The molecule has 6 rings (SSSR count). The van der Waals surface area contributed by atoms with Crippen LogP contribution in [0.4, 0.5) is 19.0 Å². The van der Waals surface area contributed by atoms with Crippen LogP contribution in [-0.4, -0.2) is 52.8 Å². The monoisotopic (exact) mass is 514 g/mol. The number of ether oxygens (including phenoxy) is 2. The molecule has 1 N–H and O–H groups in total. The SMILES string of the molecule is CCOC(=O)C1[C@H]2CC(OC3CCN(c4ccc(-c5nc6ccc(C(F)(F)F)cc6[nH]5)cn4)CC3)C[C@@H]12. The van der Waals surface area contributed by atoms with Crippen molar-refractivity contribution in [3.8, 4) is 11.4 Å². The Morgan fingerprint density at radius 1 is 1.11 bits per heavy atom. The highest BCUT2D eigenvalue weighted by Crippen LogP contribution is 2.58. The first-order valence-corrected chi connectivity index (χ1v) is 12.9. The second-order valence-corrected chi connectivity index (χ2v) is 10.2. The molecule has 3 aliphatic rings. The largest absolute Gasteiger partial charge is 0.466 e. The normalized spacial score (nSPS) is 25.9. The van der Waals surface area contributed by atoms with Gasteiger partial charge < -0.3 is 19.4 Å². The maximum Gasteiger partial charge on any atom is 0.416 e. The molecule has 4 atom stereocenters. The van der Waals surface area contributed by atoms with E-state index in [1.54, 1.807) is 6.20 Å². The standard InChI is InChI=1S/C27H29F3N4O3/c1-2-36-26(35)24-19-12-18(13-20(19)24)37-17-7-9-34(10-8-17)23-6-3-15(14-31-23)25-32-21-5-4-16(27(28,29)30)11-22(21)33-25/h3-6,11,14,17-20,24H,2,7-10,12-13H2,1H3,(H,32,33)/t18?,19-,20+,24?. The van der Waals surface area contributed by atoms with Crippen LogP contribution in [0, 0.1) is 17.8 Å². The van der Waals surface area contributed by atoms with Gasteiger partial charge in [-0.3, -0.25) is 4.79 Å². The molecule has 0 amide bonds. The number of nitrogens with zero attached hydrogens (tertiary/aromatic N) is 3. The molecule has 0 bridgehead atoms. The number of aromatic amines is 1. The Kier molecular flexibility index (Phi) is 6.09. The molecule has 10 heteroatoms. The zero-order chi connectivity index (χ0) is 25.7. The third-order valence-corrected chi connectivity index (χ3v) is 7.94. The highest BCUT2D eigenvalue weighted by atomic mass is 19.4. The summed E-state index contributed by atoms with van der Waals surface area (Å²) in [6, 6.07) is 7.30. The zero-order valence-corrected chi connectivity index (χ0v) is 20.5. The number of benzene rings is 1. The number of esters is 1. The Morgan fingerprint density at radius 3 is 2.51 bits per heavy atom. The van der Waals surface area contributed by atoms with Gasteiger partial charge in [0.1, 0.15) is 11.6 Å². The summed E-state index contributed by atoms with van der Waals surface area (Å²) in [5.74, 6) is 2.26. The van der Waals surface area contributed by atoms with Crippen molar-refractivity contribution >= 4 is 22.8 Å². The molecular formula is C27H29F3N4O3. The maximum absolute atomic E-state index is 13.0. The molecule has 1 aliphatic heterocycles. The van der Waals surface area contributed by atoms with Gasteiger partial charge in [0.25, 0.3) is 0 Å². The average Bonchev–Trinajstić information content (AvgIpc) is 3.19. The number of pyridine rings is 1. The summed E-state index contributed by atoms with van der Waals surface area (Å²) in [6.45, 7) is 3.97.